The molecule has 118 valence electrons. The zero-order valence-corrected chi connectivity index (χ0v) is 13.4. The Morgan fingerprint density at radius 1 is 1.39 bits per heavy atom. The molecule has 0 saturated heterocycles. The number of nitrogens with zero attached hydrogens (tertiary/aromatic N) is 3. The van der Waals surface area contributed by atoms with E-state index in [2.05, 4.69) is 19.6 Å². The van der Waals surface area contributed by atoms with Gasteiger partial charge in [0.25, 0.3) is 5.56 Å². The Balaban J connectivity index is 1.87. The molecule has 0 aliphatic heterocycles. The van der Waals surface area contributed by atoms with E-state index >= 15 is 0 Å². The fourth-order valence-corrected chi connectivity index (χ4v) is 2.80. The van der Waals surface area contributed by atoms with Crippen molar-refractivity contribution in [1.82, 2.24) is 19.6 Å². The Bertz CT molecular complexity index is 918. The second-order valence-corrected chi connectivity index (χ2v) is 5.67. The Morgan fingerprint density at radius 3 is 2.96 bits per heavy atom. The third-order valence-corrected chi connectivity index (χ3v) is 4.12. The number of carbonyl (C=O) groups is 1. The molecule has 0 radical (unpaired) electrons. The lowest BCUT2D eigenvalue weighted by molar-refractivity contribution is 0.0324. The summed E-state index contributed by atoms with van der Waals surface area (Å²) in [6.45, 7) is 3.55. The maximum Gasteiger partial charge on any atom is 0.352 e. The fourth-order valence-electron chi connectivity index (χ4n) is 2.16. The van der Waals surface area contributed by atoms with E-state index in [0.717, 1.165) is 11.5 Å². The lowest BCUT2D eigenvalue weighted by atomic mass is 10.2. The molecule has 3 aromatic rings. The highest BCUT2D eigenvalue weighted by Gasteiger charge is 2.21. The number of esters is 1. The first kappa shape index (κ1) is 15.3. The number of H-pyrrole nitrogens is 1. The van der Waals surface area contributed by atoms with Crippen molar-refractivity contribution < 1.29 is 9.53 Å². The van der Waals surface area contributed by atoms with E-state index < -0.39 is 12.1 Å². The lowest BCUT2D eigenvalue weighted by Gasteiger charge is -2.12. The number of hydrogen-bond donors (Lipinski definition) is 1. The lowest BCUT2D eigenvalue weighted by Crippen LogP contribution is -2.17. The number of para-hydroxylation sites is 1. The molecule has 0 bridgehead atoms. The van der Waals surface area contributed by atoms with E-state index in [0.29, 0.717) is 33.7 Å². The second-order valence-electron chi connectivity index (χ2n) is 4.92. The first-order valence-corrected chi connectivity index (χ1v) is 7.88. The van der Waals surface area contributed by atoms with Crippen molar-refractivity contribution >= 4 is 28.4 Å². The molecule has 2 heterocycles. The maximum atomic E-state index is 12.2. The van der Waals surface area contributed by atoms with Crippen LogP contribution >= 0.6 is 11.5 Å². The predicted octanol–water partition coefficient (Wildman–Crippen LogP) is 2.25. The summed E-state index contributed by atoms with van der Waals surface area (Å²) in [6, 6.07) is 7.00. The van der Waals surface area contributed by atoms with Crippen LogP contribution in [0.25, 0.3) is 10.9 Å². The van der Waals surface area contributed by atoms with Gasteiger partial charge in [0.15, 0.2) is 16.8 Å². The summed E-state index contributed by atoms with van der Waals surface area (Å²) >= 11 is 0.997. The maximum absolute atomic E-state index is 12.2. The minimum Gasteiger partial charge on any atom is -0.450 e. The van der Waals surface area contributed by atoms with Crippen molar-refractivity contribution in [2.45, 2.75) is 26.4 Å². The molecule has 0 fully saturated rings. The van der Waals surface area contributed by atoms with E-state index in [1.165, 1.54) is 0 Å². The second kappa shape index (κ2) is 6.25. The number of nitrogens with one attached hydrogen (secondary N) is 1. The minimum absolute atomic E-state index is 0.262. The van der Waals surface area contributed by atoms with E-state index in [9.17, 15) is 9.59 Å². The summed E-state index contributed by atoms with van der Waals surface area (Å²) in [5.41, 5.74) is 0.900. The van der Waals surface area contributed by atoms with E-state index in [1.54, 1.807) is 31.2 Å². The van der Waals surface area contributed by atoms with Crippen LogP contribution in [0.4, 0.5) is 0 Å². The normalized spacial score (nSPS) is 12.3. The molecule has 8 heteroatoms. The molecule has 0 spiro atoms. The summed E-state index contributed by atoms with van der Waals surface area (Å²) < 4.78 is 9.15. The molecule has 3 rings (SSSR count). The van der Waals surface area contributed by atoms with E-state index in [-0.39, 0.29) is 5.56 Å². The first-order valence-electron chi connectivity index (χ1n) is 7.11. The van der Waals surface area contributed by atoms with E-state index in [1.807, 2.05) is 6.92 Å². The number of carbonyl (C=O) groups excluding carboxylic acids is 1. The van der Waals surface area contributed by atoms with Crippen LogP contribution in [0.15, 0.2) is 29.1 Å². The molecule has 7 nitrogen and oxygen atoms in total. The van der Waals surface area contributed by atoms with Crippen LogP contribution in [0, 0.1) is 0 Å². The molecule has 0 aliphatic carbocycles. The largest absolute Gasteiger partial charge is 0.450 e. The molecular weight excluding hydrogens is 316 g/mol. The number of aryl methyl sites for hydroxylation is 1. The number of aromatic amines is 1. The van der Waals surface area contributed by atoms with Gasteiger partial charge in [-0.05, 0) is 37.0 Å². The summed E-state index contributed by atoms with van der Waals surface area (Å²) in [4.78, 5) is 31.7. The Kier molecular flexibility index (Phi) is 4.16. The molecule has 0 amide bonds. The van der Waals surface area contributed by atoms with Gasteiger partial charge in [-0.25, -0.2) is 9.78 Å². The highest BCUT2D eigenvalue weighted by molar-refractivity contribution is 7.07. The number of rotatable bonds is 4. The van der Waals surface area contributed by atoms with Crippen molar-refractivity contribution in [1.29, 1.82) is 0 Å². The van der Waals surface area contributed by atoms with Gasteiger partial charge in [-0.1, -0.05) is 23.5 Å². The monoisotopic (exact) mass is 330 g/mol. The molecule has 0 unspecified atom stereocenters. The smallest absolute Gasteiger partial charge is 0.352 e. The van der Waals surface area contributed by atoms with Gasteiger partial charge in [-0.3, -0.25) is 4.79 Å². The Morgan fingerprint density at radius 2 is 2.17 bits per heavy atom. The zero-order chi connectivity index (χ0) is 16.4. The topological polar surface area (TPSA) is 97.8 Å². The van der Waals surface area contributed by atoms with Crippen molar-refractivity contribution in [3.8, 4) is 0 Å². The van der Waals surface area contributed by atoms with Gasteiger partial charge in [0.1, 0.15) is 0 Å². The van der Waals surface area contributed by atoms with Crippen molar-refractivity contribution in [2.75, 3.05) is 0 Å². The van der Waals surface area contributed by atoms with Gasteiger partial charge >= 0.3 is 5.97 Å². The Hall–Kier alpha value is -2.61. The summed E-state index contributed by atoms with van der Waals surface area (Å²) in [7, 11) is 0. The first-order chi connectivity index (χ1) is 11.1. The summed E-state index contributed by atoms with van der Waals surface area (Å²) in [5.74, 6) is -0.210. The molecule has 0 saturated carbocycles. The fraction of sp³-hybridized carbons (Fsp3) is 0.267. The van der Waals surface area contributed by atoms with Crippen LogP contribution in [-0.2, 0) is 11.2 Å². The highest BCUT2D eigenvalue weighted by atomic mass is 32.1. The average Bonchev–Trinajstić information content (AvgIpc) is 3.03. The van der Waals surface area contributed by atoms with Gasteiger partial charge in [0.05, 0.1) is 16.6 Å². The van der Waals surface area contributed by atoms with Crippen LogP contribution in [0.2, 0.25) is 0 Å². The van der Waals surface area contributed by atoms with Gasteiger partial charge in [0.2, 0.25) is 0 Å². The van der Waals surface area contributed by atoms with Crippen LogP contribution < -0.4 is 5.56 Å². The minimum atomic E-state index is -0.688. The van der Waals surface area contributed by atoms with Crippen molar-refractivity contribution in [3.63, 3.8) is 0 Å². The van der Waals surface area contributed by atoms with Gasteiger partial charge in [0, 0.05) is 0 Å². The molecule has 23 heavy (non-hydrogen) atoms. The van der Waals surface area contributed by atoms with Crippen LogP contribution in [-0.4, -0.2) is 25.5 Å². The third kappa shape index (κ3) is 2.98. The van der Waals surface area contributed by atoms with Gasteiger partial charge in [-0.2, -0.15) is 0 Å². The number of fused-ring (bicyclic) bond motifs is 1. The van der Waals surface area contributed by atoms with Crippen molar-refractivity contribution in [2.24, 2.45) is 0 Å². The van der Waals surface area contributed by atoms with E-state index in [4.69, 9.17) is 4.74 Å². The summed E-state index contributed by atoms with van der Waals surface area (Å²) in [5, 5.41) is 4.38. The number of aromatic nitrogens is 4. The van der Waals surface area contributed by atoms with Crippen LogP contribution in [0.1, 0.15) is 41.1 Å². The quantitative estimate of drug-likeness (QED) is 0.737. The van der Waals surface area contributed by atoms with Gasteiger partial charge in [-0.15, -0.1) is 5.10 Å². The zero-order valence-electron chi connectivity index (χ0n) is 12.6. The van der Waals surface area contributed by atoms with Crippen molar-refractivity contribution in [3.05, 3.63) is 51.0 Å². The van der Waals surface area contributed by atoms with Crippen LogP contribution in [0.5, 0.6) is 0 Å². The number of benzene rings is 1. The molecule has 0 aliphatic rings. The molecule has 2 aromatic heterocycles. The standard InChI is InChI=1S/C15H14N4O3S/c1-3-10-12(23-19-18-10)15(21)22-8(2)13-16-11-7-5-4-6-9(11)14(20)17-13/h4-8H,3H2,1-2H3,(H,16,17,20)/t8-/m1/s1. The SMILES string of the molecule is CCc1nnsc1C(=O)O[C@H](C)c1nc2ccccc2c(=O)[nH]1. The summed E-state index contributed by atoms with van der Waals surface area (Å²) in [6.07, 6.45) is -0.0907. The number of ether oxygens (including phenoxy) is 1. The predicted molar refractivity (Wildman–Crippen MR) is 85.5 cm³/mol. The van der Waals surface area contributed by atoms with Gasteiger partial charge < -0.3 is 9.72 Å². The van der Waals surface area contributed by atoms with Crippen LogP contribution in [0.3, 0.4) is 0 Å². The third-order valence-electron chi connectivity index (χ3n) is 3.38. The highest BCUT2D eigenvalue weighted by Crippen LogP contribution is 2.19. The number of hydrogen-bond acceptors (Lipinski definition) is 7. The molecule has 1 aromatic carbocycles. The molecule has 1 N–H and O–H groups in total. The average molecular weight is 330 g/mol. The molecule has 1 atom stereocenters. The Labute approximate surface area is 135 Å². The molecular formula is C15H14N4O3S.